The van der Waals surface area contributed by atoms with Crippen molar-refractivity contribution in [2.24, 2.45) is 5.92 Å². The summed E-state index contributed by atoms with van der Waals surface area (Å²) in [6.45, 7) is -0.0249. The van der Waals surface area contributed by atoms with E-state index in [1.54, 1.807) is 0 Å². The van der Waals surface area contributed by atoms with Crippen molar-refractivity contribution in [1.82, 2.24) is 5.16 Å². The Hall–Kier alpha value is -0.480. The van der Waals surface area contributed by atoms with Crippen LogP contribution in [0.3, 0.4) is 0 Å². The number of hydrogen-bond donors (Lipinski definition) is 1. The zero-order valence-electron chi connectivity index (χ0n) is 7.40. The van der Waals surface area contributed by atoms with Gasteiger partial charge in [0.25, 0.3) is 0 Å². The highest BCUT2D eigenvalue weighted by Crippen LogP contribution is 2.26. The molecule has 3 nitrogen and oxygen atoms in total. The van der Waals surface area contributed by atoms with E-state index in [0.717, 1.165) is 18.1 Å². The molecule has 0 amide bonds. The molecule has 0 bridgehead atoms. The van der Waals surface area contributed by atoms with Gasteiger partial charge in [0.05, 0.1) is 6.61 Å². The van der Waals surface area contributed by atoms with Crippen LogP contribution < -0.4 is 0 Å². The Labute approximate surface area is 81.5 Å². The number of nitrogens with zero attached hydrogens (tertiary/aromatic N) is 1. The number of aromatic nitrogens is 1. The molecule has 1 unspecified atom stereocenters. The number of thioether (sulfide) groups is 1. The van der Waals surface area contributed by atoms with Gasteiger partial charge >= 0.3 is 0 Å². The molecule has 0 aromatic carbocycles. The lowest BCUT2D eigenvalue weighted by Crippen LogP contribution is -2.01. The number of hydrogen-bond acceptors (Lipinski definition) is 4. The van der Waals surface area contributed by atoms with Gasteiger partial charge in [-0.2, -0.15) is 11.8 Å². The molecule has 1 fully saturated rings. The molecule has 1 atom stereocenters. The highest BCUT2D eigenvalue weighted by atomic mass is 32.2. The Bertz CT molecular complexity index is 268. The van der Waals surface area contributed by atoms with E-state index in [1.165, 1.54) is 17.9 Å². The quantitative estimate of drug-likeness (QED) is 0.800. The van der Waals surface area contributed by atoms with Crippen molar-refractivity contribution in [2.45, 2.75) is 19.4 Å². The largest absolute Gasteiger partial charge is 0.390 e. The van der Waals surface area contributed by atoms with Crippen LogP contribution in [-0.2, 0) is 13.0 Å². The Balaban J connectivity index is 1.92. The average Bonchev–Trinajstić information content (AvgIpc) is 2.76. The predicted molar refractivity (Wildman–Crippen MR) is 51.6 cm³/mol. The van der Waals surface area contributed by atoms with E-state index in [9.17, 15) is 0 Å². The lowest BCUT2D eigenvalue weighted by Gasteiger charge is -2.02. The van der Waals surface area contributed by atoms with Crippen molar-refractivity contribution in [1.29, 1.82) is 0 Å². The molecule has 1 aliphatic rings. The van der Waals surface area contributed by atoms with Gasteiger partial charge < -0.3 is 9.63 Å². The van der Waals surface area contributed by atoms with Crippen molar-refractivity contribution in [3.05, 3.63) is 17.5 Å². The summed E-state index contributed by atoms with van der Waals surface area (Å²) >= 11 is 2.00. The molecule has 72 valence electrons. The van der Waals surface area contributed by atoms with Crippen LogP contribution in [0.15, 0.2) is 10.6 Å². The van der Waals surface area contributed by atoms with Gasteiger partial charge in [0.1, 0.15) is 11.5 Å². The normalized spacial score (nSPS) is 22.4. The molecule has 0 saturated carbocycles. The van der Waals surface area contributed by atoms with Crippen LogP contribution in [-0.4, -0.2) is 21.8 Å². The van der Waals surface area contributed by atoms with Crippen LogP contribution in [0.25, 0.3) is 0 Å². The minimum atomic E-state index is -0.0249. The molecular weight excluding hydrogens is 186 g/mol. The molecule has 1 aromatic heterocycles. The van der Waals surface area contributed by atoms with Gasteiger partial charge in [-0.25, -0.2) is 0 Å². The molecule has 0 spiro atoms. The second-order valence-corrected chi connectivity index (χ2v) is 4.53. The molecule has 1 N–H and O–H groups in total. The summed E-state index contributed by atoms with van der Waals surface area (Å²) in [5.74, 6) is 4.15. The smallest absolute Gasteiger partial charge is 0.137 e. The van der Waals surface area contributed by atoms with Crippen LogP contribution >= 0.6 is 11.8 Å². The highest BCUT2D eigenvalue weighted by molar-refractivity contribution is 7.99. The fourth-order valence-electron chi connectivity index (χ4n) is 1.56. The maximum atomic E-state index is 8.79. The summed E-state index contributed by atoms with van der Waals surface area (Å²) < 4.78 is 5.10. The molecule has 1 aliphatic heterocycles. The van der Waals surface area contributed by atoms with E-state index in [2.05, 4.69) is 5.16 Å². The van der Waals surface area contributed by atoms with E-state index in [4.69, 9.17) is 9.63 Å². The van der Waals surface area contributed by atoms with Crippen LogP contribution in [0, 0.1) is 5.92 Å². The van der Waals surface area contributed by atoms with Crippen molar-refractivity contribution in [3.8, 4) is 0 Å². The summed E-state index contributed by atoms with van der Waals surface area (Å²) in [5, 5.41) is 12.5. The number of aliphatic hydroxyl groups excluding tert-OH is 1. The average molecular weight is 199 g/mol. The van der Waals surface area contributed by atoms with Crippen LogP contribution in [0.5, 0.6) is 0 Å². The third kappa shape index (κ3) is 2.25. The zero-order valence-corrected chi connectivity index (χ0v) is 8.22. The van der Waals surface area contributed by atoms with Crippen LogP contribution in [0.4, 0.5) is 0 Å². The maximum absolute atomic E-state index is 8.79. The molecular formula is C9H13NO2S. The van der Waals surface area contributed by atoms with E-state index < -0.39 is 0 Å². The Morgan fingerprint density at radius 2 is 2.62 bits per heavy atom. The summed E-state index contributed by atoms with van der Waals surface area (Å²) in [4.78, 5) is 0. The monoisotopic (exact) mass is 199 g/mol. The Kier molecular flexibility index (Phi) is 2.90. The molecule has 1 saturated heterocycles. The first-order chi connectivity index (χ1) is 6.38. The SMILES string of the molecule is OCc1cc(CC2CCSC2)on1. The summed E-state index contributed by atoms with van der Waals surface area (Å²) in [5.41, 5.74) is 0.639. The Morgan fingerprint density at radius 1 is 1.69 bits per heavy atom. The molecule has 0 radical (unpaired) electrons. The summed E-state index contributed by atoms with van der Waals surface area (Å²) in [7, 11) is 0. The molecule has 13 heavy (non-hydrogen) atoms. The lowest BCUT2D eigenvalue weighted by atomic mass is 10.0. The first kappa shape index (κ1) is 9.09. The van der Waals surface area contributed by atoms with E-state index in [-0.39, 0.29) is 6.61 Å². The van der Waals surface area contributed by atoms with Crippen molar-refractivity contribution in [2.75, 3.05) is 11.5 Å². The van der Waals surface area contributed by atoms with Gasteiger partial charge in [-0.3, -0.25) is 0 Å². The standard InChI is InChI=1S/C9H13NO2S/c11-5-8-4-9(12-10-8)3-7-1-2-13-6-7/h4,7,11H,1-3,5-6H2. The third-order valence-electron chi connectivity index (χ3n) is 2.28. The predicted octanol–water partition coefficient (Wildman–Crippen LogP) is 1.46. The van der Waals surface area contributed by atoms with Crippen LogP contribution in [0.1, 0.15) is 17.9 Å². The van der Waals surface area contributed by atoms with Crippen LogP contribution in [0.2, 0.25) is 0 Å². The van der Waals surface area contributed by atoms with Gasteiger partial charge in [-0.1, -0.05) is 5.16 Å². The van der Waals surface area contributed by atoms with Crippen molar-refractivity contribution >= 4 is 11.8 Å². The molecule has 2 heterocycles. The molecule has 4 heteroatoms. The van der Waals surface area contributed by atoms with Crippen molar-refractivity contribution in [3.63, 3.8) is 0 Å². The third-order valence-corrected chi connectivity index (χ3v) is 3.52. The fraction of sp³-hybridized carbons (Fsp3) is 0.667. The maximum Gasteiger partial charge on any atom is 0.137 e. The van der Waals surface area contributed by atoms with Gasteiger partial charge in [-0.15, -0.1) is 0 Å². The van der Waals surface area contributed by atoms with Gasteiger partial charge in [0.15, 0.2) is 0 Å². The van der Waals surface area contributed by atoms with Gasteiger partial charge in [-0.05, 0) is 23.8 Å². The molecule has 1 aromatic rings. The topological polar surface area (TPSA) is 46.3 Å². The van der Waals surface area contributed by atoms with E-state index >= 15 is 0 Å². The van der Waals surface area contributed by atoms with Gasteiger partial charge in [0.2, 0.25) is 0 Å². The number of aliphatic hydroxyl groups is 1. The summed E-state index contributed by atoms with van der Waals surface area (Å²) in [6, 6.07) is 1.85. The minimum absolute atomic E-state index is 0.0249. The second kappa shape index (κ2) is 4.15. The van der Waals surface area contributed by atoms with E-state index in [1.807, 2.05) is 17.8 Å². The van der Waals surface area contributed by atoms with Crippen molar-refractivity contribution < 1.29 is 9.63 Å². The molecule has 0 aliphatic carbocycles. The summed E-state index contributed by atoms with van der Waals surface area (Å²) in [6.07, 6.45) is 2.25. The number of rotatable bonds is 3. The molecule has 2 rings (SSSR count). The van der Waals surface area contributed by atoms with E-state index in [0.29, 0.717) is 5.69 Å². The first-order valence-corrected chi connectivity index (χ1v) is 5.67. The zero-order chi connectivity index (χ0) is 9.10. The second-order valence-electron chi connectivity index (χ2n) is 3.38. The first-order valence-electron chi connectivity index (χ1n) is 4.51. The highest BCUT2D eigenvalue weighted by Gasteiger charge is 2.17. The lowest BCUT2D eigenvalue weighted by molar-refractivity contribution is 0.264. The van der Waals surface area contributed by atoms with Gasteiger partial charge in [0, 0.05) is 12.5 Å². The Morgan fingerprint density at radius 3 is 3.23 bits per heavy atom. The minimum Gasteiger partial charge on any atom is -0.390 e. The fourth-order valence-corrected chi connectivity index (χ4v) is 2.84.